The Bertz CT molecular complexity index is 3300. The fraction of sp³-hybridized carbons (Fsp3) is 0.902. The van der Waals surface area contributed by atoms with Gasteiger partial charge in [-0.3, -0.25) is 27.3 Å². The average Bonchev–Trinajstić information content (AvgIpc) is 0.796. The van der Waals surface area contributed by atoms with Crippen LogP contribution in [-0.4, -0.2) is 329 Å². The van der Waals surface area contributed by atoms with Gasteiger partial charge in [0.1, 0.15) is 54.9 Å². The minimum absolute atomic E-state index is 0.543. The first-order valence-electron chi connectivity index (χ1n) is 26.6. The minimum atomic E-state index is -5.71. The van der Waals surface area contributed by atoms with E-state index in [0.717, 1.165) is 13.8 Å². The molecule has 6 heterocycles. The molecule has 5 saturated heterocycles. The molecule has 53 heteroatoms. The van der Waals surface area contributed by atoms with Crippen molar-refractivity contribution in [2.24, 2.45) is 29.6 Å². The lowest BCUT2D eigenvalue weighted by Crippen LogP contribution is -2.62. The number of aliphatic carboxylic acids is 2. The Morgan fingerprint density at radius 3 is 1.31 bits per heavy atom. The Labute approximate surface area is 531 Å². The van der Waals surface area contributed by atoms with Gasteiger partial charge in [0.2, 0.25) is 12.0 Å². The van der Waals surface area contributed by atoms with E-state index in [1.54, 1.807) is 0 Å². The second-order valence-electron chi connectivity index (χ2n) is 21.3. The lowest BCUT2D eigenvalue weighted by molar-refractivity contribution is -0.327. The Balaban J connectivity index is 1.31. The molecule has 27 atom stereocenters. The summed E-state index contributed by atoms with van der Waals surface area (Å²) in [5, 5.41) is 110. The minimum Gasteiger partial charge on any atom is -0.479 e. The van der Waals surface area contributed by atoms with E-state index < -0.39 is 298 Å². The molecule has 0 bridgehead atoms. The molecule has 0 radical (unpaired) electrons. The van der Waals surface area contributed by atoms with Crippen molar-refractivity contribution in [3.63, 3.8) is 0 Å². The number of rotatable bonds is 31. The second-order valence-corrected chi connectivity index (χ2v) is 27.7. The fourth-order valence-electron chi connectivity index (χ4n) is 10.4. The lowest BCUT2D eigenvalue weighted by Gasteiger charge is -2.47. The Kier molecular flexibility index (Phi) is 27.3. The summed E-state index contributed by atoms with van der Waals surface area (Å²) in [4.78, 5) is 24.6. The van der Waals surface area contributed by atoms with E-state index in [0.29, 0.717) is 6.08 Å². The van der Waals surface area contributed by atoms with Gasteiger partial charge in [-0.05, 0) is 19.9 Å². The van der Waals surface area contributed by atoms with E-state index >= 15 is 0 Å². The van der Waals surface area contributed by atoms with Crippen LogP contribution in [0, 0.1) is 29.6 Å². The molecule has 0 aromatic heterocycles. The van der Waals surface area contributed by atoms with Crippen LogP contribution in [0.2, 0.25) is 0 Å². The third-order valence-corrected chi connectivity index (χ3v) is 17.6. The molecule has 6 aliphatic heterocycles. The molecule has 6 rings (SSSR count). The largest absolute Gasteiger partial charge is 0.479 e. The van der Waals surface area contributed by atoms with Crippen molar-refractivity contribution in [1.82, 2.24) is 0 Å². The maximum absolute atomic E-state index is 12.7. The molecule has 6 aliphatic rings. The highest BCUT2D eigenvalue weighted by Gasteiger charge is 2.56. The van der Waals surface area contributed by atoms with E-state index in [1.807, 2.05) is 0 Å². The molecule has 94 heavy (non-hydrogen) atoms. The predicted molar refractivity (Wildman–Crippen MR) is 280 cm³/mol. The van der Waals surface area contributed by atoms with Gasteiger partial charge in [0, 0.05) is 29.6 Å². The molecule has 5 fully saturated rings. The molecule has 47 nitrogen and oxygen atoms in total. The van der Waals surface area contributed by atoms with Gasteiger partial charge in [-0.15, -0.1) is 0 Å². The molecular weight excluding hydrogens is 1440 g/mol. The first-order chi connectivity index (χ1) is 43.1. The number of ether oxygens (including phenoxy) is 11. The van der Waals surface area contributed by atoms with Crippen LogP contribution >= 0.6 is 0 Å². The van der Waals surface area contributed by atoms with Gasteiger partial charge in [-0.2, -0.15) is 50.5 Å². The summed E-state index contributed by atoms with van der Waals surface area (Å²) in [6.07, 6.45) is -48.2. The van der Waals surface area contributed by atoms with E-state index in [2.05, 4.69) is 25.1 Å². The van der Waals surface area contributed by atoms with Crippen LogP contribution in [0.25, 0.3) is 0 Å². The highest BCUT2D eigenvalue weighted by Crippen LogP contribution is 2.39. The van der Waals surface area contributed by atoms with E-state index in [-0.39, 0.29) is 0 Å². The lowest BCUT2D eigenvalue weighted by atomic mass is 9.82. The SMILES string of the molecule is CC1O[C@@H](OCC2C(CO[C@@H]3OC(C(=O)O)[C@@H](O)C(COC4OC(COS(=O)(=O)O)[C@@H](O)C(CO[C@@H]5OC(C)[C@@H](OS(=O)(=O)O)C(O)C5OS(=O)(=O)O)C4CO[C@@H]4OC(C(=O)O)=CC(O)C4O)C3O)COC(COS(=O)(=O)O)[C@H]2O)C(OS(=O)(=O)O)C(O)[C@@H]1OS(=O)(=O)O. The van der Waals surface area contributed by atoms with E-state index in [1.165, 1.54) is 0 Å². The van der Waals surface area contributed by atoms with Crippen LogP contribution < -0.4 is 0 Å². The number of aliphatic hydroxyl groups excluding tert-OH is 8. The summed E-state index contributed by atoms with van der Waals surface area (Å²) in [6.45, 7) is -6.73. The fourth-order valence-corrected chi connectivity index (χ4v) is 13.1. The number of carboxylic acid groups (broad SMARTS) is 2. The molecular formula is C41H66O47S6. The van der Waals surface area contributed by atoms with Gasteiger partial charge in [-0.25, -0.2) is 34.7 Å². The molecule has 0 saturated carbocycles. The van der Waals surface area contributed by atoms with Crippen LogP contribution in [0.15, 0.2) is 11.8 Å². The molecule has 0 aromatic rings. The van der Waals surface area contributed by atoms with Gasteiger partial charge in [0.05, 0.1) is 83.4 Å². The van der Waals surface area contributed by atoms with Crippen LogP contribution in [0.5, 0.6) is 0 Å². The summed E-state index contributed by atoms with van der Waals surface area (Å²) >= 11 is 0. The maximum Gasteiger partial charge on any atom is 0.397 e. The van der Waals surface area contributed by atoms with E-state index in [9.17, 15) is 138 Å². The summed E-state index contributed by atoms with van der Waals surface area (Å²) in [6, 6.07) is 0. The Morgan fingerprint density at radius 2 is 0.840 bits per heavy atom. The molecule has 16 N–H and O–H groups in total. The van der Waals surface area contributed by atoms with Crippen molar-refractivity contribution in [2.75, 3.05) is 52.9 Å². The van der Waals surface area contributed by atoms with Gasteiger partial charge in [-0.1, -0.05) is 0 Å². The quantitative estimate of drug-likeness (QED) is 0.0287. The normalized spacial score (nSPS) is 39.9. The highest BCUT2D eigenvalue weighted by molar-refractivity contribution is 7.82. The number of aliphatic hydroxyl groups is 8. The van der Waals surface area contributed by atoms with Crippen molar-refractivity contribution in [3.05, 3.63) is 11.8 Å². The average molecular weight is 1500 g/mol. The van der Waals surface area contributed by atoms with Crippen molar-refractivity contribution >= 4 is 74.3 Å². The monoisotopic (exact) mass is 1500 g/mol. The number of hydrogen-bond donors (Lipinski definition) is 16. The van der Waals surface area contributed by atoms with Crippen LogP contribution in [-0.2, 0) is 149 Å². The van der Waals surface area contributed by atoms with Gasteiger partial charge in [0.15, 0.2) is 43.5 Å². The summed E-state index contributed by atoms with van der Waals surface area (Å²) < 4.78 is 285. The molecule has 0 spiro atoms. The van der Waals surface area contributed by atoms with Gasteiger partial charge >= 0.3 is 74.3 Å². The first-order valence-corrected chi connectivity index (χ1v) is 34.8. The standard InChI is InChI=1S/C41H66O47S6/c1-12-30(85-91(60,61)62)28(48)33(87-93(66,67)68)40(80-12)76-6-15-14(4-72-21(23(15)43)10-78-89(54,55)56)5-73-38-26(46)18(25(45)32(84-38)36(52)53)9-74-37-17(8-75-39-27(47)19(42)3-20(82-39)35(50)51)16(24(44)22(83-37)11-79-90(57,58)59)7-77-41-34(88-94(69,70)71)29(49)31(13(2)81-41)86-92(63,64)65/h3,12-19,21-34,37-49H,4-11H2,1-2H3,(H,50,51)(H,52,53)(H,54,55,56)(H,57,58,59)(H,60,61,62)(H,63,64,65)(H,66,67,68)(H,69,70,71)/t12?,13?,14?,15?,16?,17?,18?,19?,21?,22?,23-,24-,25-,26?,27?,28?,29?,30+,31+,32?,33?,34?,37?,38+,39+,40+,41+/m0/s1. The Morgan fingerprint density at radius 1 is 0.426 bits per heavy atom. The Hall–Kier alpha value is -3.02. The van der Waals surface area contributed by atoms with Crippen molar-refractivity contribution in [1.29, 1.82) is 0 Å². The maximum atomic E-state index is 12.7. The molecule has 18 unspecified atom stereocenters. The summed E-state index contributed by atoms with van der Waals surface area (Å²) in [5.74, 6) is -13.6. The zero-order valence-electron chi connectivity index (χ0n) is 47.6. The molecule has 0 aromatic carbocycles. The number of carbonyl (C=O) groups is 2. The van der Waals surface area contributed by atoms with Crippen molar-refractivity contribution < 1.29 is 216 Å². The molecule has 0 amide bonds. The third-order valence-electron chi connectivity index (χ3n) is 14.9. The zero-order valence-corrected chi connectivity index (χ0v) is 52.5. The van der Waals surface area contributed by atoms with Crippen LogP contribution in [0.1, 0.15) is 13.8 Å². The zero-order chi connectivity index (χ0) is 70.7. The van der Waals surface area contributed by atoms with Gasteiger partial charge in [0.25, 0.3) is 0 Å². The summed E-state index contributed by atoms with van der Waals surface area (Å²) in [5.41, 5.74) is 0. The highest BCUT2D eigenvalue weighted by atomic mass is 32.3. The van der Waals surface area contributed by atoms with Crippen molar-refractivity contribution in [3.8, 4) is 0 Å². The second kappa shape index (κ2) is 32.1. The number of hydrogen-bond acceptors (Lipinski definition) is 39. The summed E-state index contributed by atoms with van der Waals surface area (Å²) in [7, 11) is -33.0. The van der Waals surface area contributed by atoms with E-state index in [4.69, 9.17) is 52.1 Å². The topological polar surface area (TPSA) is 720 Å². The molecule has 0 aliphatic carbocycles. The van der Waals surface area contributed by atoms with Crippen LogP contribution in [0.4, 0.5) is 0 Å². The van der Waals surface area contributed by atoms with Crippen LogP contribution in [0.3, 0.4) is 0 Å². The third kappa shape index (κ3) is 22.5. The first kappa shape index (κ1) is 80.0. The number of carboxylic acids is 2. The smallest absolute Gasteiger partial charge is 0.397 e. The van der Waals surface area contributed by atoms with Gasteiger partial charge < -0.3 is 103 Å². The predicted octanol–water partition coefficient (Wildman–Crippen LogP) is -9.82. The molecule has 548 valence electrons. The van der Waals surface area contributed by atoms with Crippen molar-refractivity contribution in [2.45, 2.75) is 149 Å².